The standard InChI is InChI=1S/C17H18F3N3O/c1-9(2)16-21-14-3-4-23(8-11(14)17(24)22-16)7-10-5-12(18)15(20)13(19)6-10/h5-6,9H,3-4,7-8H2,1-2H3,(H,21,22,24). The summed E-state index contributed by atoms with van der Waals surface area (Å²) in [4.78, 5) is 21.4. The predicted molar refractivity (Wildman–Crippen MR) is 83.1 cm³/mol. The van der Waals surface area contributed by atoms with Crippen LogP contribution in [0.3, 0.4) is 0 Å². The molecule has 0 atom stereocenters. The molecule has 1 aromatic heterocycles. The van der Waals surface area contributed by atoms with Crippen LogP contribution in [0.4, 0.5) is 13.2 Å². The van der Waals surface area contributed by atoms with Crippen LogP contribution in [0.1, 0.15) is 42.4 Å². The smallest absolute Gasteiger partial charge is 0.255 e. The Morgan fingerprint density at radius 3 is 2.54 bits per heavy atom. The molecule has 128 valence electrons. The number of rotatable bonds is 3. The van der Waals surface area contributed by atoms with Crippen molar-refractivity contribution < 1.29 is 13.2 Å². The molecule has 0 radical (unpaired) electrons. The Kier molecular flexibility index (Phi) is 4.45. The maximum Gasteiger partial charge on any atom is 0.255 e. The van der Waals surface area contributed by atoms with E-state index in [1.807, 2.05) is 18.7 Å². The van der Waals surface area contributed by atoms with Crippen LogP contribution in [-0.2, 0) is 19.5 Å². The highest BCUT2D eigenvalue weighted by molar-refractivity contribution is 5.23. The Balaban J connectivity index is 1.82. The highest BCUT2D eigenvalue weighted by Crippen LogP contribution is 2.20. The second-order valence-corrected chi connectivity index (χ2v) is 6.37. The lowest BCUT2D eigenvalue weighted by molar-refractivity contribution is 0.240. The van der Waals surface area contributed by atoms with Gasteiger partial charge in [-0.2, -0.15) is 0 Å². The van der Waals surface area contributed by atoms with Gasteiger partial charge in [0.25, 0.3) is 5.56 Å². The van der Waals surface area contributed by atoms with Gasteiger partial charge in [-0.25, -0.2) is 18.2 Å². The van der Waals surface area contributed by atoms with Gasteiger partial charge in [-0.15, -0.1) is 0 Å². The Labute approximate surface area is 137 Å². The molecule has 4 nitrogen and oxygen atoms in total. The van der Waals surface area contributed by atoms with Crippen LogP contribution in [0, 0.1) is 17.5 Å². The summed E-state index contributed by atoms with van der Waals surface area (Å²) in [6.07, 6.45) is 0.588. The molecule has 1 aliphatic rings. The van der Waals surface area contributed by atoms with Gasteiger partial charge >= 0.3 is 0 Å². The molecule has 3 rings (SSSR count). The zero-order valence-corrected chi connectivity index (χ0v) is 13.5. The fourth-order valence-electron chi connectivity index (χ4n) is 2.87. The average Bonchev–Trinajstić information content (AvgIpc) is 2.52. The number of fused-ring (bicyclic) bond motifs is 1. The van der Waals surface area contributed by atoms with Gasteiger partial charge < -0.3 is 4.98 Å². The summed E-state index contributed by atoms with van der Waals surface area (Å²) in [7, 11) is 0. The molecule has 1 N–H and O–H groups in total. The van der Waals surface area contributed by atoms with Crippen molar-refractivity contribution in [3.63, 3.8) is 0 Å². The van der Waals surface area contributed by atoms with Crippen LogP contribution < -0.4 is 5.56 Å². The van der Waals surface area contributed by atoms with E-state index in [0.29, 0.717) is 36.5 Å². The zero-order chi connectivity index (χ0) is 17.4. The summed E-state index contributed by atoms with van der Waals surface area (Å²) >= 11 is 0. The number of hydrogen-bond acceptors (Lipinski definition) is 3. The van der Waals surface area contributed by atoms with E-state index < -0.39 is 17.5 Å². The third-order valence-corrected chi connectivity index (χ3v) is 4.16. The van der Waals surface area contributed by atoms with E-state index >= 15 is 0 Å². The summed E-state index contributed by atoms with van der Waals surface area (Å²) in [5, 5.41) is 0. The minimum absolute atomic E-state index is 0.131. The molecule has 2 heterocycles. The van der Waals surface area contributed by atoms with Crippen LogP contribution in [0.15, 0.2) is 16.9 Å². The van der Waals surface area contributed by atoms with E-state index in [9.17, 15) is 18.0 Å². The largest absolute Gasteiger partial charge is 0.310 e. The highest BCUT2D eigenvalue weighted by Gasteiger charge is 2.22. The molecule has 2 aromatic rings. The fraction of sp³-hybridized carbons (Fsp3) is 0.412. The Morgan fingerprint density at radius 1 is 1.25 bits per heavy atom. The van der Waals surface area contributed by atoms with Crippen molar-refractivity contribution in [1.29, 1.82) is 0 Å². The molecule has 24 heavy (non-hydrogen) atoms. The van der Waals surface area contributed by atoms with Crippen molar-refractivity contribution in [3.05, 3.63) is 62.6 Å². The van der Waals surface area contributed by atoms with Gasteiger partial charge in [0.2, 0.25) is 0 Å². The lowest BCUT2D eigenvalue weighted by atomic mass is 10.0. The molecule has 0 amide bonds. The number of aromatic amines is 1. The summed E-state index contributed by atoms with van der Waals surface area (Å²) in [6.45, 7) is 5.10. The van der Waals surface area contributed by atoms with Crippen LogP contribution in [-0.4, -0.2) is 21.4 Å². The minimum Gasteiger partial charge on any atom is -0.310 e. The summed E-state index contributed by atoms with van der Waals surface area (Å²) in [5.41, 5.74) is 1.51. The molecule has 0 saturated heterocycles. The third kappa shape index (κ3) is 3.21. The Hall–Kier alpha value is -2.15. The molecular formula is C17H18F3N3O. The Morgan fingerprint density at radius 2 is 1.92 bits per heavy atom. The molecule has 0 spiro atoms. The van der Waals surface area contributed by atoms with Crippen molar-refractivity contribution >= 4 is 0 Å². The number of aromatic nitrogens is 2. The molecule has 7 heteroatoms. The minimum atomic E-state index is -1.47. The molecule has 0 unspecified atom stereocenters. The van der Waals surface area contributed by atoms with E-state index in [4.69, 9.17) is 0 Å². The van der Waals surface area contributed by atoms with Crippen LogP contribution in [0.2, 0.25) is 0 Å². The van der Waals surface area contributed by atoms with E-state index in [2.05, 4.69) is 9.97 Å². The first kappa shape index (κ1) is 16.7. The monoisotopic (exact) mass is 337 g/mol. The number of halogens is 3. The molecule has 0 aliphatic carbocycles. The van der Waals surface area contributed by atoms with Crippen molar-refractivity contribution in [2.75, 3.05) is 6.54 Å². The van der Waals surface area contributed by atoms with Gasteiger partial charge in [0.15, 0.2) is 17.5 Å². The molecular weight excluding hydrogens is 319 g/mol. The van der Waals surface area contributed by atoms with Crippen LogP contribution in [0.25, 0.3) is 0 Å². The zero-order valence-electron chi connectivity index (χ0n) is 13.5. The van der Waals surface area contributed by atoms with Crippen LogP contribution in [0.5, 0.6) is 0 Å². The Bertz CT molecular complexity index is 809. The number of nitrogens with zero attached hydrogens (tertiary/aromatic N) is 2. The summed E-state index contributed by atoms with van der Waals surface area (Å²) < 4.78 is 39.7. The SMILES string of the molecule is CC(C)c1nc2c(c(=O)[nH]1)CN(Cc1cc(F)c(F)c(F)c1)CC2. The molecule has 0 fully saturated rings. The molecule has 1 aliphatic heterocycles. The highest BCUT2D eigenvalue weighted by atomic mass is 19.2. The van der Waals surface area contributed by atoms with Gasteiger partial charge in [-0.3, -0.25) is 9.69 Å². The maximum absolute atomic E-state index is 13.3. The van der Waals surface area contributed by atoms with Crippen LogP contribution >= 0.6 is 0 Å². The summed E-state index contributed by atoms with van der Waals surface area (Å²) in [6, 6.07) is 1.97. The lowest BCUT2D eigenvalue weighted by Crippen LogP contribution is -2.36. The fourth-order valence-corrected chi connectivity index (χ4v) is 2.87. The van der Waals surface area contributed by atoms with Crippen molar-refractivity contribution in [2.24, 2.45) is 0 Å². The lowest BCUT2D eigenvalue weighted by Gasteiger charge is -2.28. The van der Waals surface area contributed by atoms with Gasteiger partial charge in [-0.05, 0) is 17.7 Å². The summed E-state index contributed by atoms with van der Waals surface area (Å²) in [5.74, 6) is -3.09. The van der Waals surface area contributed by atoms with E-state index in [1.54, 1.807) is 0 Å². The van der Waals surface area contributed by atoms with E-state index in [0.717, 1.165) is 17.8 Å². The topological polar surface area (TPSA) is 49.0 Å². The van der Waals surface area contributed by atoms with Crippen molar-refractivity contribution in [3.8, 4) is 0 Å². The average molecular weight is 337 g/mol. The number of hydrogen-bond donors (Lipinski definition) is 1. The van der Waals surface area contributed by atoms with E-state index in [1.165, 1.54) is 0 Å². The second-order valence-electron chi connectivity index (χ2n) is 6.37. The normalized spacial score (nSPS) is 14.9. The van der Waals surface area contributed by atoms with Gasteiger partial charge in [-0.1, -0.05) is 13.8 Å². The third-order valence-electron chi connectivity index (χ3n) is 4.16. The quantitative estimate of drug-likeness (QED) is 0.876. The first-order chi connectivity index (χ1) is 11.3. The molecule has 0 bridgehead atoms. The second kappa shape index (κ2) is 6.39. The van der Waals surface area contributed by atoms with E-state index in [-0.39, 0.29) is 18.0 Å². The molecule has 1 aromatic carbocycles. The van der Waals surface area contributed by atoms with Gasteiger partial charge in [0.1, 0.15) is 5.82 Å². The maximum atomic E-state index is 13.3. The van der Waals surface area contributed by atoms with Gasteiger partial charge in [0, 0.05) is 32.0 Å². The number of benzene rings is 1. The van der Waals surface area contributed by atoms with Crippen molar-refractivity contribution in [2.45, 2.75) is 39.3 Å². The van der Waals surface area contributed by atoms with Gasteiger partial charge in [0.05, 0.1) is 11.3 Å². The number of nitrogens with one attached hydrogen (secondary N) is 1. The van der Waals surface area contributed by atoms with Crippen molar-refractivity contribution in [1.82, 2.24) is 14.9 Å². The molecule has 0 saturated carbocycles. The predicted octanol–water partition coefficient (Wildman–Crippen LogP) is 2.87. The first-order valence-corrected chi connectivity index (χ1v) is 7.83. The number of H-pyrrole nitrogens is 1. The first-order valence-electron chi connectivity index (χ1n) is 7.83.